The van der Waals surface area contributed by atoms with Gasteiger partial charge < -0.3 is 25.3 Å². The van der Waals surface area contributed by atoms with Crippen molar-refractivity contribution in [3.63, 3.8) is 0 Å². The zero-order valence-corrected chi connectivity index (χ0v) is 29.5. The third kappa shape index (κ3) is 7.21. The summed E-state index contributed by atoms with van der Waals surface area (Å²) in [6, 6.07) is 12.5. The minimum atomic E-state index is -0.425. The SMILES string of the molecule is Cc1cc(CC(CC(=O)N2CCC(N3CCc4ccccc4NC3=O)CC2)C(=O)N2CCC(C3CCNCC3)C[C@H]2C)cc2cnn(C)c12. The van der Waals surface area contributed by atoms with Gasteiger partial charge in [0.25, 0.3) is 0 Å². The maximum Gasteiger partial charge on any atom is 0.322 e. The Labute approximate surface area is 290 Å². The van der Waals surface area contributed by atoms with Crippen LogP contribution in [0.2, 0.25) is 0 Å². The van der Waals surface area contributed by atoms with Gasteiger partial charge in [-0.05, 0) is 119 Å². The first-order valence-corrected chi connectivity index (χ1v) is 18.6. The number of hydrogen-bond acceptors (Lipinski definition) is 5. The van der Waals surface area contributed by atoms with Crippen LogP contribution in [-0.2, 0) is 29.5 Å². The summed E-state index contributed by atoms with van der Waals surface area (Å²) in [6.45, 7) is 9.13. The van der Waals surface area contributed by atoms with Gasteiger partial charge in [0.15, 0.2) is 0 Å². The summed E-state index contributed by atoms with van der Waals surface area (Å²) in [5.74, 6) is 1.14. The average molecular weight is 668 g/mol. The lowest BCUT2D eigenvalue weighted by molar-refractivity contribution is -0.145. The van der Waals surface area contributed by atoms with Crippen LogP contribution in [0.3, 0.4) is 0 Å². The molecule has 262 valence electrons. The molecule has 5 heterocycles. The van der Waals surface area contributed by atoms with Crippen LogP contribution in [0.4, 0.5) is 10.5 Å². The van der Waals surface area contributed by atoms with Gasteiger partial charge in [-0.1, -0.05) is 24.3 Å². The molecule has 0 aliphatic carbocycles. The fourth-order valence-electron chi connectivity index (χ4n) is 9.30. The molecule has 0 bridgehead atoms. The summed E-state index contributed by atoms with van der Waals surface area (Å²) in [5.41, 5.74) is 5.35. The Morgan fingerprint density at radius 2 is 1.76 bits per heavy atom. The maximum atomic E-state index is 14.5. The van der Waals surface area contributed by atoms with Gasteiger partial charge in [-0.2, -0.15) is 5.10 Å². The van der Waals surface area contributed by atoms with E-state index in [-0.39, 0.29) is 36.3 Å². The quantitative estimate of drug-likeness (QED) is 0.364. The van der Waals surface area contributed by atoms with Crippen molar-refractivity contribution in [2.45, 2.75) is 83.7 Å². The van der Waals surface area contributed by atoms with E-state index in [0.717, 1.165) is 90.9 Å². The molecule has 4 amide bonds. The average Bonchev–Trinajstić information content (AvgIpc) is 3.40. The molecule has 10 heteroatoms. The standard InChI is InChI=1S/C39H53N7O3/c1-26-20-28(23-33-25-41-43(3)37(26)33)22-32(38(48)45-18-11-31(21-27(45)2)29-8-14-40-15-9-29)24-36(47)44-16-12-34(13-17-44)46-19-10-30-6-4-5-7-35(30)42-39(46)49/h4-7,20,23,25,27,29,31-32,34,40H,8-19,21-22,24H2,1-3H3,(H,42,49)/t27-,31?,32?/m1/s1. The highest BCUT2D eigenvalue weighted by Crippen LogP contribution is 2.35. The van der Waals surface area contributed by atoms with Gasteiger partial charge in [0.05, 0.1) is 17.6 Å². The van der Waals surface area contributed by atoms with Crippen molar-refractivity contribution in [2.75, 3.05) is 44.6 Å². The van der Waals surface area contributed by atoms with Crippen LogP contribution >= 0.6 is 0 Å². The number of piperidine rings is 3. The molecule has 0 radical (unpaired) electrons. The summed E-state index contributed by atoms with van der Waals surface area (Å²) in [6.07, 6.45) is 9.46. The van der Waals surface area contributed by atoms with Crippen molar-refractivity contribution >= 4 is 34.4 Å². The summed E-state index contributed by atoms with van der Waals surface area (Å²) < 4.78 is 1.90. The Bertz CT molecular complexity index is 1670. The van der Waals surface area contributed by atoms with Crippen LogP contribution in [0.15, 0.2) is 42.6 Å². The Morgan fingerprint density at radius 3 is 2.53 bits per heavy atom. The number of likely N-dealkylation sites (tertiary alicyclic amines) is 2. The second kappa shape index (κ2) is 14.5. The number of aromatic nitrogens is 2. The number of nitrogens with one attached hydrogen (secondary N) is 2. The van der Waals surface area contributed by atoms with Crippen molar-refractivity contribution in [3.8, 4) is 0 Å². The Balaban J connectivity index is 1.03. The van der Waals surface area contributed by atoms with Crippen molar-refractivity contribution in [3.05, 3.63) is 59.3 Å². The highest BCUT2D eigenvalue weighted by atomic mass is 16.2. The second-order valence-electron chi connectivity index (χ2n) is 15.1. The topological polar surface area (TPSA) is 103 Å². The molecule has 3 fully saturated rings. The van der Waals surface area contributed by atoms with E-state index < -0.39 is 5.92 Å². The van der Waals surface area contributed by atoms with E-state index in [4.69, 9.17) is 0 Å². The number of benzene rings is 2. The van der Waals surface area contributed by atoms with Gasteiger partial charge in [-0.25, -0.2) is 4.79 Å². The number of aryl methyl sites for hydroxylation is 2. The van der Waals surface area contributed by atoms with Gasteiger partial charge >= 0.3 is 6.03 Å². The van der Waals surface area contributed by atoms with Gasteiger partial charge in [-0.15, -0.1) is 0 Å². The summed E-state index contributed by atoms with van der Waals surface area (Å²) in [7, 11) is 1.95. The second-order valence-corrected chi connectivity index (χ2v) is 15.1. The number of fused-ring (bicyclic) bond motifs is 2. The predicted molar refractivity (Wildman–Crippen MR) is 192 cm³/mol. The van der Waals surface area contributed by atoms with Crippen molar-refractivity contribution in [1.29, 1.82) is 0 Å². The first kappa shape index (κ1) is 33.6. The molecule has 2 aromatic carbocycles. The molecule has 3 atom stereocenters. The molecule has 49 heavy (non-hydrogen) atoms. The highest BCUT2D eigenvalue weighted by Gasteiger charge is 2.38. The lowest BCUT2D eigenvalue weighted by atomic mass is 9.77. The first-order chi connectivity index (χ1) is 23.7. The minimum Gasteiger partial charge on any atom is -0.343 e. The fraction of sp³-hybridized carbons (Fsp3) is 0.590. The molecule has 4 aliphatic rings. The molecule has 0 spiro atoms. The van der Waals surface area contributed by atoms with E-state index in [9.17, 15) is 14.4 Å². The molecule has 2 unspecified atom stereocenters. The van der Waals surface area contributed by atoms with E-state index in [2.05, 4.69) is 52.7 Å². The molecule has 3 aromatic rings. The van der Waals surface area contributed by atoms with Crippen LogP contribution in [0.25, 0.3) is 10.9 Å². The van der Waals surface area contributed by atoms with Gasteiger partial charge in [0.1, 0.15) is 0 Å². The third-order valence-electron chi connectivity index (χ3n) is 12.0. The van der Waals surface area contributed by atoms with Gasteiger partial charge in [-0.3, -0.25) is 14.3 Å². The molecule has 3 saturated heterocycles. The number of para-hydroxylation sites is 1. The number of nitrogens with zero attached hydrogens (tertiary/aromatic N) is 5. The number of urea groups is 1. The van der Waals surface area contributed by atoms with Crippen molar-refractivity contribution in [2.24, 2.45) is 24.8 Å². The fourth-order valence-corrected chi connectivity index (χ4v) is 9.30. The molecule has 10 nitrogen and oxygen atoms in total. The number of rotatable bonds is 7. The molecule has 2 N–H and O–H groups in total. The molecule has 0 saturated carbocycles. The zero-order valence-electron chi connectivity index (χ0n) is 29.5. The normalized spacial score (nSPS) is 23.2. The largest absolute Gasteiger partial charge is 0.343 e. The van der Waals surface area contributed by atoms with Crippen LogP contribution in [0, 0.1) is 24.7 Å². The van der Waals surface area contributed by atoms with Crippen LogP contribution in [-0.4, -0.2) is 93.7 Å². The number of hydrogen-bond donors (Lipinski definition) is 2. The predicted octanol–water partition coefficient (Wildman–Crippen LogP) is 5.14. The van der Waals surface area contributed by atoms with Crippen LogP contribution in [0.1, 0.15) is 68.6 Å². The summed E-state index contributed by atoms with van der Waals surface area (Å²) in [5, 5.41) is 12.1. The third-order valence-corrected chi connectivity index (χ3v) is 12.0. The monoisotopic (exact) mass is 667 g/mol. The number of carbonyl (C=O) groups excluding carboxylic acids is 3. The van der Waals surface area contributed by atoms with E-state index in [1.54, 1.807) is 0 Å². The van der Waals surface area contributed by atoms with E-state index >= 15 is 0 Å². The summed E-state index contributed by atoms with van der Waals surface area (Å²) in [4.78, 5) is 47.6. The summed E-state index contributed by atoms with van der Waals surface area (Å²) >= 11 is 0. The number of carbonyl (C=O) groups is 3. The molecular formula is C39H53N7O3. The zero-order chi connectivity index (χ0) is 34.1. The Morgan fingerprint density at radius 1 is 0.980 bits per heavy atom. The Hall–Kier alpha value is -3.92. The molecule has 7 rings (SSSR count). The Kier molecular flexibility index (Phi) is 9.94. The minimum absolute atomic E-state index is 0.0425. The van der Waals surface area contributed by atoms with Gasteiger partial charge in [0.2, 0.25) is 11.8 Å². The van der Waals surface area contributed by atoms with Crippen LogP contribution < -0.4 is 10.6 Å². The molecule has 1 aromatic heterocycles. The number of amides is 4. The molecule has 4 aliphatic heterocycles. The smallest absolute Gasteiger partial charge is 0.322 e. The van der Waals surface area contributed by atoms with E-state index in [0.29, 0.717) is 32.0 Å². The van der Waals surface area contributed by atoms with Gasteiger partial charge in [0, 0.05) is 62.8 Å². The number of anilines is 1. The lowest BCUT2D eigenvalue weighted by Gasteiger charge is -2.43. The maximum absolute atomic E-state index is 14.5. The van der Waals surface area contributed by atoms with E-state index in [1.807, 2.05) is 45.9 Å². The van der Waals surface area contributed by atoms with Crippen molar-refractivity contribution in [1.82, 2.24) is 29.8 Å². The first-order valence-electron chi connectivity index (χ1n) is 18.6. The van der Waals surface area contributed by atoms with Crippen molar-refractivity contribution < 1.29 is 14.4 Å². The highest BCUT2D eigenvalue weighted by molar-refractivity contribution is 5.91. The lowest BCUT2D eigenvalue weighted by Crippen LogP contribution is -2.51. The van der Waals surface area contributed by atoms with Crippen LogP contribution in [0.5, 0.6) is 0 Å². The van der Waals surface area contributed by atoms with E-state index in [1.165, 1.54) is 12.8 Å². The molecular weight excluding hydrogens is 614 g/mol.